The lowest BCUT2D eigenvalue weighted by molar-refractivity contribution is 0.262. The highest BCUT2D eigenvalue weighted by atomic mass is 79.9. The van der Waals surface area contributed by atoms with Crippen LogP contribution in [0.2, 0.25) is 0 Å². The lowest BCUT2D eigenvalue weighted by Gasteiger charge is -2.31. The first-order chi connectivity index (χ1) is 8.61. The van der Waals surface area contributed by atoms with E-state index in [4.69, 9.17) is 0 Å². The van der Waals surface area contributed by atoms with Crippen LogP contribution in [0, 0.1) is 12.8 Å². The molecule has 0 heterocycles. The molecule has 3 heteroatoms. The summed E-state index contributed by atoms with van der Waals surface area (Å²) in [6.45, 7) is 5.34. The van der Waals surface area contributed by atoms with Crippen molar-refractivity contribution in [3.05, 3.63) is 32.2 Å². The zero-order valence-corrected chi connectivity index (χ0v) is 14.3. The third-order valence-electron chi connectivity index (χ3n) is 3.90. The topological polar surface area (TPSA) is 12.0 Å². The van der Waals surface area contributed by atoms with Crippen molar-refractivity contribution in [1.82, 2.24) is 5.32 Å². The van der Waals surface area contributed by atoms with Gasteiger partial charge in [-0.25, -0.2) is 0 Å². The van der Waals surface area contributed by atoms with Gasteiger partial charge in [-0.15, -0.1) is 0 Å². The minimum atomic E-state index is 0.478. The number of aryl methyl sites for hydroxylation is 1. The third kappa shape index (κ3) is 3.37. The minimum Gasteiger partial charge on any atom is -0.310 e. The van der Waals surface area contributed by atoms with Crippen LogP contribution in [0.25, 0.3) is 0 Å². The van der Waals surface area contributed by atoms with Crippen molar-refractivity contribution in [3.8, 4) is 0 Å². The molecule has 0 aliphatic heterocycles. The molecule has 0 saturated heterocycles. The average Bonchev–Trinajstić information content (AvgIpc) is 2.27. The fourth-order valence-corrected chi connectivity index (χ4v) is 3.65. The van der Waals surface area contributed by atoms with E-state index in [1.54, 1.807) is 0 Å². The zero-order valence-electron chi connectivity index (χ0n) is 11.1. The summed E-state index contributed by atoms with van der Waals surface area (Å²) in [6.07, 6.45) is 5.50. The number of halogens is 2. The third-order valence-corrected chi connectivity index (χ3v) is 5.44. The summed E-state index contributed by atoms with van der Waals surface area (Å²) < 4.78 is 2.44. The van der Waals surface area contributed by atoms with Gasteiger partial charge in [0.2, 0.25) is 0 Å². The van der Waals surface area contributed by atoms with Crippen molar-refractivity contribution < 1.29 is 0 Å². The van der Waals surface area contributed by atoms with E-state index in [2.05, 4.69) is 63.2 Å². The Morgan fingerprint density at radius 2 is 2.00 bits per heavy atom. The molecule has 1 saturated carbocycles. The van der Waals surface area contributed by atoms with Gasteiger partial charge in [0.1, 0.15) is 0 Å². The monoisotopic (exact) mass is 373 g/mol. The van der Waals surface area contributed by atoms with Crippen LogP contribution in [0.4, 0.5) is 0 Å². The summed E-state index contributed by atoms with van der Waals surface area (Å²) >= 11 is 7.37. The van der Waals surface area contributed by atoms with E-state index in [9.17, 15) is 0 Å². The lowest BCUT2D eigenvalue weighted by Crippen LogP contribution is -2.26. The Labute approximate surface area is 127 Å². The quantitative estimate of drug-likeness (QED) is 0.731. The molecular weight excluding hydrogens is 354 g/mol. The SMILES string of the molecule is CCNC(CC1CCC1)c1cc(Br)c(C)cc1Br. The first kappa shape index (κ1) is 14.5. The Hall–Kier alpha value is 0.140. The summed E-state index contributed by atoms with van der Waals surface area (Å²) in [5, 5.41) is 3.63. The van der Waals surface area contributed by atoms with Gasteiger partial charge in [-0.1, -0.05) is 58.0 Å². The maximum Gasteiger partial charge on any atom is 0.0334 e. The summed E-state index contributed by atoms with van der Waals surface area (Å²) in [4.78, 5) is 0. The van der Waals surface area contributed by atoms with Crippen molar-refractivity contribution >= 4 is 31.9 Å². The van der Waals surface area contributed by atoms with Crippen molar-refractivity contribution in [1.29, 1.82) is 0 Å². The second-order valence-electron chi connectivity index (χ2n) is 5.27. The first-order valence-corrected chi connectivity index (χ1v) is 8.39. The molecule has 0 radical (unpaired) electrons. The molecule has 1 fully saturated rings. The molecule has 1 aromatic carbocycles. The van der Waals surface area contributed by atoms with E-state index in [0.717, 1.165) is 12.5 Å². The molecule has 0 aromatic heterocycles. The normalized spacial score (nSPS) is 17.6. The van der Waals surface area contributed by atoms with Crippen LogP contribution in [0.15, 0.2) is 21.1 Å². The second kappa shape index (κ2) is 6.53. The molecule has 1 nitrogen and oxygen atoms in total. The van der Waals surface area contributed by atoms with Gasteiger partial charge >= 0.3 is 0 Å². The van der Waals surface area contributed by atoms with Gasteiger partial charge in [0.15, 0.2) is 0 Å². The number of hydrogen-bond acceptors (Lipinski definition) is 1. The predicted molar refractivity (Wildman–Crippen MR) is 85.0 cm³/mol. The van der Waals surface area contributed by atoms with E-state index < -0.39 is 0 Å². The Bertz CT molecular complexity index is 413. The summed E-state index contributed by atoms with van der Waals surface area (Å²) in [5.41, 5.74) is 2.67. The molecule has 0 amide bonds. The van der Waals surface area contributed by atoms with E-state index in [1.165, 1.54) is 45.8 Å². The summed E-state index contributed by atoms with van der Waals surface area (Å²) in [7, 11) is 0. The smallest absolute Gasteiger partial charge is 0.0334 e. The number of benzene rings is 1. The van der Waals surface area contributed by atoms with Crippen LogP contribution in [-0.2, 0) is 0 Å². The van der Waals surface area contributed by atoms with Crippen LogP contribution < -0.4 is 5.32 Å². The molecule has 1 unspecified atom stereocenters. The highest BCUT2D eigenvalue weighted by Gasteiger charge is 2.24. The minimum absolute atomic E-state index is 0.478. The van der Waals surface area contributed by atoms with Crippen molar-refractivity contribution in [2.75, 3.05) is 6.54 Å². The molecule has 0 bridgehead atoms. The van der Waals surface area contributed by atoms with Crippen LogP contribution in [0.3, 0.4) is 0 Å². The van der Waals surface area contributed by atoms with Gasteiger partial charge in [-0.2, -0.15) is 0 Å². The van der Waals surface area contributed by atoms with E-state index in [-0.39, 0.29) is 0 Å². The Balaban J connectivity index is 2.20. The molecule has 1 N–H and O–H groups in total. The van der Waals surface area contributed by atoms with Crippen molar-refractivity contribution in [2.24, 2.45) is 5.92 Å². The fourth-order valence-electron chi connectivity index (χ4n) is 2.56. The molecule has 18 heavy (non-hydrogen) atoms. The van der Waals surface area contributed by atoms with Gasteiger partial charge in [0.05, 0.1) is 0 Å². The maximum atomic E-state index is 3.72. The molecule has 0 spiro atoms. The highest BCUT2D eigenvalue weighted by molar-refractivity contribution is 9.11. The van der Waals surface area contributed by atoms with Crippen molar-refractivity contribution in [2.45, 2.75) is 45.6 Å². The average molecular weight is 375 g/mol. The molecule has 1 aromatic rings. The lowest BCUT2D eigenvalue weighted by atomic mass is 9.79. The van der Waals surface area contributed by atoms with E-state index in [1.807, 2.05) is 0 Å². The van der Waals surface area contributed by atoms with Crippen molar-refractivity contribution in [3.63, 3.8) is 0 Å². The standard InChI is InChI=1S/C15H21Br2N/c1-3-18-15(8-11-5-4-6-11)12-9-13(16)10(2)7-14(12)17/h7,9,11,15,18H,3-6,8H2,1-2H3. The van der Waals surface area contributed by atoms with Gasteiger partial charge in [0.25, 0.3) is 0 Å². The molecule has 100 valence electrons. The molecule has 1 aliphatic rings. The Morgan fingerprint density at radius 3 is 2.56 bits per heavy atom. The van der Waals surface area contributed by atoms with Gasteiger partial charge in [-0.3, -0.25) is 0 Å². The van der Waals surface area contributed by atoms with Crippen LogP contribution in [-0.4, -0.2) is 6.54 Å². The van der Waals surface area contributed by atoms with Gasteiger partial charge < -0.3 is 5.32 Å². The molecule has 1 aliphatic carbocycles. The van der Waals surface area contributed by atoms with Crippen LogP contribution >= 0.6 is 31.9 Å². The Morgan fingerprint density at radius 1 is 1.28 bits per heavy atom. The fraction of sp³-hybridized carbons (Fsp3) is 0.600. The number of rotatable bonds is 5. The zero-order chi connectivity index (χ0) is 13.1. The van der Waals surface area contributed by atoms with E-state index >= 15 is 0 Å². The summed E-state index contributed by atoms with van der Waals surface area (Å²) in [6, 6.07) is 4.96. The Kier molecular flexibility index (Phi) is 5.28. The number of hydrogen-bond donors (Lipinski definition) is 1. The van der Waals surface area contributed by atoms with Gasteiger partial charge in [0, 0.05) is 15.0 Å². The van der Waals surface area contributed by atoms with Crippen LogP contribution in [0.5, 0.6) is 0 Å². The van der Waals surface area contributed by atoms with Crippen LogP contribution in [0.1, 0.15) is 49.8 Å². The molecule has 2 rings (SSSR count). The van der Waals surface area contributed by atoms with E-state index in [0.29, 0.717) is 6.04 Å². The largest absolute Gasteiger partial charge is 0.310 e. The second-order valence-corrected chi connectivity index (χ2v) is 6.97. The predicted octanol–water partition coefficient (Wildman–Crippen LogP) is 5.36. The molecule has 1 atom stereocenters. The maximum absolute atomic E-state index is 3.72. The first-order valence-electron chi connectivity index (χ1n) is 6.80. The molecular formula is C15H21Br2N. The van der Waals surface area contributed by atoms with Gasteiger partial charge in [-0.05, 0) is 49.1 Å². The highest BCUT2D eigenvalue weighted by Crippen LogP contribution is 2.38. The number of nitrogens with one attached hydrogen (secondary N) is 1. The summed E-state index contributed by atoms with van der Waals surface area (Å²) in [5.74, 6) is 0.918.